The molecule has 1 aliphatic heterocycles. The average Bonchev–Trinajstić information content (AvgIpc) is 3.28. The molecule has 0 aliphatic carbocycles. The molecule has 10 nitrogen and oxygen atoms in total. The van der Waals surface area contributed by atoms with Crippen molar-refractivity contribution in [3.05, 3.63) is 52.6 Å². The standard InChI is InChI=1S/C20H24N4O6S/c1-22(2)16-7-5-15(6-8-16)21-20(25)14-30-19-10-9-17(13-18(19)24(26)27)31(28,29)23-11-3-4-12-23/h5-10,13H,3-4,11-12,14H2,1-2H3,(H,21,25). The molecule has 1 aliphatic rings. The lowest BCUT2D eigenvalue weighted by Crippen LogP contribution is -2.28. The van der Waals surface area contributed by atoms with Crippen molar-refractivity contribution in [3.63, 3.8) is 0 Å². The summed E-state index contributed by atoms with van der Waals surface area (Å²) in [7, 11) is -0.00499. The second-order valence-corrected chi connectivity index (χ2v) is 9.21. The predicted molar refractivity (Wildman–Crippen MR) is 116 cm³/mol. The number of benzene rings is 2. The number of ether oxygens (including phenoxy) is 1. The van der Waals surface area contributed by atoms with Crippen LogP contribution in [0.25, 0.3) is 0 Å². The Morgan fingerprint density at radius 1 is 1.16 bits per heavy atom. The van der Waals surface area contributed by atoms with E-state index in [1.165, 1.54) is 16.4 Å². The number of amides is 1. The molecule has 11 heteroatoms. The van der Waals surface area contributed by atoms with Crippen LogP contribution < -0.4 is 15.0 Å². The predicted octanol–water partition coefficient (Wildman–Crippen LogP) is 2.46. The summed E-state index contributed by atoms with van der Waals surface area (Å²) < 4.78 is 31.9. The monoisotopic (exact) mass is 448 g/mol. The Hall–Kier alpha value is -3.18. The summed E-state index contributed by atoms with van der Waals surface area (Å²) in [5.74, 6) is -0.677. The third kappa shape index (κ3) is 5.30. The topological polar surface area (TPSA) is 122 Å². The maximum absolute atomic E-state index is 12.7. The minimum absolute atomic E-state index is 0.168. The van der Waals surface area contributed by atoms with Gasteiger partial charge in [-0.15, -0.1) is 0 Å². The van der Waals surface area contributed by atoms with Crippen LogP contribution in [0.3, 0.4) is 0 Å². The van der Waals surface area contributed by atoms with Gasteiger partial charge in [-0.25, -0.2) is 8.42 Å². The van der Waals surface area contributed by atoms with Crippen LogP contribution in [0.2, 0.25) is 0 Å². The summed E-state index contributed by atoms with van der Waals surface area (Å²) in [4.78, 5) is 24.6. The van der Waals surface area contributed by atoms with Crippen molar-refractivity contribution in [3.8, 4) is 5.75 Å². The summed E-state index contributed by atoms with van der Waals surface area (Å²) in [6.07, 6.45) is 1.52. The maximum atomic E-state index is 12.7. The Morgan fingerprint density at radius 2 is 1.81 bits per heavy atom. The van der Waals surface area contributed by atoms with Crippen molar-refractivity contribution >= 4 is 33.0 Å². The first-order valence-electron chi connectivity index (χ1n) is 9.67. The van der Waals surface area contributed by atoms with Gasteiger partial charge in [-0.2, -0.15) is 4.31 Å². The van der Waals surface area contributed by atoms with Gasteiger partial charge < -0.3 is 15.0 Å². The summed E-state index contributed by atoms with van der Waals surface area (Å²) in [5, 5.41) is 14.1. The maximum Gasteiger partial charge on any atom is 0.312 e. The van der Waals surface area contributed by atoms with Crippen LogP contribution in [-0.4, -0.2) is 57.3 Å². The molecule has 31 heavy (non-hydrogen) atoms. The number of hydrogen-bond acceptors (Lipinski definition) is 7. The van der Waals surface area contributed by atoms with E-state index in [1.54, 1.807) is 12.1 Å². The second-order valence-electron chi connectivity index (χ2n) is 7.28. The minimum atomic E-state index is -3.80. The van der Waals surface area contributed by atoms with Crippen molar-refractivity contribution < 1.29 is 22.9 Å². The van der Waals surface area contributed by atoms with Gasteiger partial charge >= 0.3 is 5.69 Å². The molecule has 1 N–H and O–H groups in total. The molecular weight excluding hydrogens is 424 g/mol. The third-order valence-electron chi connectivity index (χ3n) is 4.86. The van der Waals surface area contributed by atoms with E-state index < -0.39 is 33.1 Å². The quantitative estimate of drug-likeness (QED) is 0.486. The second kappa shape index (κ2) is 9.31. The number of sulfonamides is 1. The van der Waals surface area contributed by atoms with Gasteiger partial charge in [0.1, 0.15) is 0 Å². The number of anilines is 2. The van der Waals surface area contributed by atoms with Gasteiger partial charge in [0.15, 0.2) is 12.4 Å². The number of carbonyl (C=O) groups excluding carboxylic acids is 1. The largest absolute Gasteiger partial charge is 0.477 e. The van der Waals surface area contributed by atoms with Gasteiger partial charge in [0, 0.05) is 44.6 Å². The lowest BCUT2D eigenvalue weighted by atomic mass is 10.2. The molecule has 0 bridgehead atoms. The van der Waals surface area contributed by atoms with Crippen LogP contribution in [0, 0.1) is 10.1 Å². The van der Waals surface area contributed by atoms with Gasteiger partial charge in [-0.3, -0.25) is 14.9 Å². The van der Waals surface area contributed by atoms with E-state index in [0.717, 1.165) is 24.6 Å². The van der Waals surface area contributed by atoms with Crippen LogP contribution in [-0.2, 0) is 14.8 Å². The van der Waals surface area contributed by atoms with Gasteiger partial charge in [0.05, 0.1) is 9.82 Å². The zero-order valence-electron chi connectivity index (χ0n) is 17.3. The van der Waals surface area contributed by atoms with Crippen molar-refractivity contribution in [1.29, 1.82) is 0 Å². The van der Waals surface area contributed by atoms with Crippen LogP contribution >= 0.6 is 0 Å². The lowest BCUT2D eigenvalue weighted by Gasteiger charge is -2.16. The molecule has 0 unspecified atom stereocenters. The Kier molecular flexibility index (Phi) is 6.76. The number of nitro groups is 1. The molecule has 166 valence electrons. The molecular formula is C20H24N4O6S. The lowest BCUT2D eigenvalue weighted by molar-refractivity contribution is -0.386. The van der Waals surface area contributed by atoms with E-state index in [1.807, 2.05) is 31.1 Å². The number of carbonyl (C=O) groups is 1. The Morgan fingerprint density at radius 3 is 2.39 bits per heavy atom. The van der Waals surface area contributed by atoms with E-state index >= 15 is 0 Å². The van der Waals surface area contributed by atoms with Crippen molar-refractivity contribution in [2.45, 2.75) is 17.7 Å². The molecule has 1 amide bonds. The Balaban J connectivity index is 1.69. The van der Waals surface area contributed by atoms with Crippen LogP contribution in [0.5, 0.6) is 5.75 Å². The molecule has 2 aromatic carbocycles. The smallest absolute Gasteiger partial charge is 0.312 e. The number of hydrogen-bond donors (Lipinski definition) is 1. The SMILES string of the molecule is CN(C)c1ccc(NC(=O)COc2ccc(S(=O)(=O)N3CCCC3)cc2[N+](=O)[O-])cc1. The highest BCUT2D eigenvalue weighted by atomic mass is 32.2. The highest BCUT2D eigenvalue weighted by molar-refractivity contribution is 7.89. The van der Waals surface area contributed by atoms with Gasteiger partial charge in [0.25, 0.3) is 5.91 Å². The molecule has 1 fully saturated rings. The van der Waals surface area contributed by atoms with E-state index in [-0.39, 0.29) is 10.6 Å². The van der Waals surface area contributed by atoms with Gasteiger partial charge in [-0.1, -0.05) is 0 Å². The zero-order chi connectivity index (χ0) is 22.6. The summed E-state index contributed by atoms with van der Waals surface area (Å²) in [5.41, 5.74) is 1.01. The highest BCUT2D eigenvalue weighted by Crippen LogP contribution is 2.31. The Labute approximate surface area is 180 Å². The fraction of sp³-hybridized carbons (Fsp3) is 0.350. The third-order valence-corrected chi connectivity index (χ3v) is 6.75. The zero-order valence-corrected chi connectivity index (χ0v) is 18.1. The van der Waals surface area contributed by atoms with Crippen molar-refractivity contribution in [2.24, 2.45) is 0 Å². The van der Waals surface area contributed by atoms with Crippen LogP contribution in [0.4, 0.5) is 17.1 Å². The molecule has 1 heterocycles. The molecule has 0 radical (unpaired) electrons. The van der Waals surface area contributed by atoms with E-state index in [2.05, 4.69) is 5.32 Å². The average molecular weight is 449 g/mol. The number of nitro benzene ring substituents is 1. The van der Waals surface area contributed by atoms with E-state index in [4.69, 9.17) is 4.74 Å². The van der Waals surface area contributed by atoms with Gasteiger partial charge in [-0.05, 0) is 49.2 Å². The van der Waals surface area contributed by atoms with Crippen LogP contribution in [0.1, 0.15) is 12.8 Å². The molecule has 0 aromatic heterocycles. The first-order valence-corrected chi connectivity index (χ1v) is 11.1. The van der Waals surface area contributed by atoms with Crippen molar-refractivity contribution in [1.82, 2.24) is 4.31 Å². The summed E-state index contributed by atoms with van der Waals surface area (Å²) >= 11 is 0. The molecule has 0 spiro atoms. The fourth-order valence-electron chi connectivity index (χ4n) is 3.18. The molecule has 3 rings (SSSR count). The van der Waals surface area contributed by atoms with Crippen molar-refractivity contribution in [2.75, 3.05) is 44.0 Å². The number of nitrogens with one attached hydrogen (secondary N) is 1. The van der Waals surface area contributed by atoms with E-state index in [0.29, 0.717) is 18.8 Å². The molecule has 0 saturated carbocycles. The number of rotatable bonds is 8. The first-order chi connectivity index (χ1) is 14.7. The van der Waals surface area contributed by atoms with E-state index in [9.17, 15) is 23.3 Å². The Bertz CT molecular complexity index is 1060. The molecule has 1 saturated heterocycles. The molecule has 2 aromatic rings. The minimum Gasteiger partial charge on any atom is -0.477 e. The number of nitrogens with zero attached hydrogens (tertiary/aromatic N) is 3. The summed E-state index contributed by atoms with van der Waals surface area (Å²) in [6, 6.07) is 10.6. The normalized spacial score (nSPS) is 14.3. The fourth-order valence-corrected chi connectivity index (χ4v) is 4.72. The first kappa shape index (κ1) is 22.5. The summed E-state index contributed by atoms with van der Waals surface area (Å²) in [6.45, 7) is 0.322. The van der Waals surface area contributed by atoms with Crippen LogP contribution in [0.15, 0.2) is 47.4 Å². The molecule has 0 atom stereocenters. The highest BCUT2D eigenvalue weighted by Gasteiger charge is 2.30. The van der Waals surface area contributed by atoms with Gasteiger partial charge in [0.2, 0.25) is 10.0 Å².